The first-order valence-electron chi connectivity index (χ1n) is 7.20. The molecule has 0 amide bonds. The van der Waals surface area contributed by atoms with Crippen LogP contribution in [0.4, 0.5) is 0 Å². The second-order valence-electron chi connectivity index (χ2n) is 5.22. The van der Waals surface area contributed by atoms with Crippen LogP contribution in [0.3, 0.4) is 0 Å². The Bertz CT molecular complexity index is 625. The molecule has 0 saturated carbocycles. The molecular weight excluding hydrogens is 282 g/mol. The Morgan fingerprint density at radius 1 is 1.10 bits per heavy atom. The second kappa shape index (κ2) is 6.97. The smallest absolute Gasteiger partial charge is 0.124 e. The number of nitrogens with one attached hydrogen (secondary N) is 1. The highest BCUT2D eigenvalue weighted by Crippen LogP contribution is 2.33. The first-order chi connectivity index (χ1) is 10.1. The molecule has 1 N–H and O–H groups in total. The van der Waals surface area contributed by atoms with Crippen molar-refractivity contribution in [2.24, 2.45) is 0 Å². The fraction of sp³-hybridized carbons (Fsp3) is 0.333. The van der Waals surface area contributed by atoms with Crippen molar-refractivity contribution < 1.29 is 4.74 Å². The Labute approximate surface area is 132 Å². The molecule has 2 aromatic rings. The summed E-state index contributed by atoms with van der Waals surface area (Å²) in [4.78, 5) is 0. The highest BCUT2D eigenvalue weighted by atomic mass is 35.5. The highest BCUT2D eigenvalue weighted by Gasteiger charge is 2.18. The first-order valence-corrected chi connectivity index (χ1v) is 7.58. The van der Waals surface area contributed by atoms with Crippen molar-refractivity contribution in [1.29, 1.82) is 0 Å². The summed E-state index contributed by atoms with van der Waals surface area (Å²) in [6, 6.07) is 12.4. The molecule has 2 nitrogen and oxygen atoms in total. The molecule has 21 heavy (non-hydrogen) atoms. The number of rotatable bonds is 5. The SMILES string of the molecule is CCNC(c1ccc(C)c(C)c1)c1cc(Cl)ccc1OC. The lowest BCUT2D eigenvalue weighted by atomic mass is 9.95. The Kier molecular flexibility index (Phi) is 5.27. The minimum absolute atomic E-state index is 0.0722. The zero-order valence-corrected chi connectivity index (χ0v) is 13.8. The molecule has 0 aliphatic heterocycles. The van der Waals surface area contributed by atoms with Crippen LogP contribution in [0.5, 0.6) is 5.75 Å². The van der Waals surface area contributed by atoms with E-state index >= 15 is 0 Å². The van der Waals surface area contributed by atoms with Gasteiger partial charge in [-0.3, -0.25) is 0 Å². The van der Waals surface area contributed by atoms with Gasteiger partial charge in [-0.1, -0.05) is 36.7 Å². The van der Waals surface area contributed by atoms with E-state index in [0.29, 0.717) is 0 Å². The number of aryl methyl sites for hydroxylation is 2. The molecule has 0 heterocycles. The Morgan fingerprint density at radius 2 is 1.86 bits per heavy atom. The molecular formula is C18H22ClNO. The molecule has 0 bridgehead atoms. The Hall–Kier alpha value is -1.51. The molecule has 0 aliphatic carbocycles. The minimum Gasteiger partial charge on any atom is -0.496 e. The Balaban J connectivity index is 2.52. The third kappa shape index (κ3) is 3.58. The van der Waals surface area contributed by atoms with Crippen molar-refractivity contribution in [3.63, 3.8) is 0 Å². The zero-order chi connectivity index (χ0) is 15.4. The molecule has 112 valence electrons. The maximum absolute atomic E-state index is 6.18. The van der Waals surface area contributed by atoms with Gasteiger partial charge in [0.05, 0.1) is 13.2 Å². The summed E-state index contributed by atoms with van der Waals surface area (Å²) in [6.07, 6.45) is 0. The van der Waals surface area contributed by atoms with E-state index < -0.39 is 0 Å². The summed E-state index contributed by atoms with van der Waals surface area (Å²) in [6.45, 7) is 7.23. The van der Waals surface area contributed by atoms with Crippen molar-refractivity contribution in [2.45, 2.75) is 26.8 Å². The van der Waals surface area contributed by atoms with Crippen LogP contribution in [-0.2, 0) is 0 Å². The van der Waals surface area contributed by atoms with Crippen molar-refractivity contribution in [3.8, 4) is 5.75 Å². The second-order valence-corrected chi connectivity index (χ2v) is 5.66. The molecule has 3 heteroatoms. The van der Waals surface area contributed by atoms with Crippen molar-refractivity contribution in [3.05, 3.63) is 63.7 Å². The van der Waals surface area contributed by atoms with Crippen LogP contribution in [0.15, 0.2) is 36.4 Å². The van der Waals surface area contributed by atoms with Crippen LogP contribution in [-0.4, -0.2) is 13.7 Å². The van der Waals surface area contributed by atoms with E-state index in [4.69, 9.17) is 16.3 Å². The molecule has 0 aromatic heterocycles. The summed E-state index contributed by atoms with van der Waals surface area (Å²) < 4.78 is 5.50. The van der Waals surface area contributed by atoms with Gasteiger partial charge in [0, 0.05) is 10.6 Å². The van der Waals surface area contributed by atoms with Crippen LogP contribution in [0.1, 0.15) is 35.2 Å². The maximum Gasteiger partial charge on any atom is 0.124 e. The van der Waals surface area contributed by atoms with Gasteiger partial charge in [-0.25, -0.2) is 0 Å². The lowest BCUT2D eigenvalue weighted by Crippen LogP contribution is -2.22. The number of halogens is 1. The first kappa shape index (κ1) is 15.9. The van der Waals surface area contributed by atoms with E-state index in [1.165, 1.54) is 16.7 Å². The predicted molar refractivity (Wildman–Crippen MR) is 89.4 cm³/mol. The normalized spacial score (nSPS) is 12.2. The molecule has 0 spiro atoms. The van der Waals surface area contributed by atoms with E-state index in [1.807, 2.05) is 18.2 Å². The lowest BCUT2D eigenvalue weighted by molar-refractivity contribution is 0.404. The average Bonchev–Trinajstić information content (AvgIpc) is 2.48. The van der Waals surface area contributed by atoms with Gasteiger partial charge in [0.15, 0.2) is 0 Å². The van der Waals surface area contributed by atoms with Gasteiger partial charge in [0.2, 0.25) is 0 Å². The number of ether oxygens (including phenoxy) is 1. The quantitative estimate of drug-likeness (QED) is 0.867. The van der Waals surface area contributed by atoms with Gasteiger partial charge in [0.25, 0.3) is 0 Å². The molecule has 0 saturated heterocycles. The van der Waals surface area contributed by atoms with E-state index in [2.05, 4.69) is 44.3 Å². The van der Waals surface area contributed by atoms with Gasteiger partial charge in [-0.05, 0) is 55.3 Å². The topological polar surface area (TPSA) is 21.3 Å². The third-order valence-corrected chi connectivity index (χ3v) is 4.01. The van der Waals surface area contributed by atoms with E-state index in [1.54, 1.807) is 7.11 Å². The minimum atomic E-state index is 0.0722. The van der Waals surface area contributed by atoms with Gasteiger partial charge in [-0.15, -0.1) is 0 Å². The highest BCUT2D eigenvalue weighted by molar-refractivity contribution is 6.30. The molecule has 0 fully saturated rings. The van der Waals surface area contributed by atoms with E-state index in [-0.39, 0.29) is 6.04 Å². The van der Waals surface area contributed by atoms with E-state index in [9.17, 15) is 0 Å². The van der Waals surface area contributed by atoms with Crippen LogP contribution in [0.2, 0.25) is 5.02 Å². The van der Waals surface area contributed by atoms with Crippen LogP contribution >= 0.6 is 11.6 Å². The lowest BCUT2D eigenvalue weighted by Gasteiger charge is -2.22. The van der Waals surface area contributed by atoms with Gasteiger partial charge in [-0.2, -0.15) is 0 Å². The molecule has 1 unspecified atom stereocenters. The monoisotopic (exact) mass is 303 g/mol. The summed E-state index contributed by atoms with van der Waals surface area (Å²) >= 11 is 6.18. The van der Waals surface area contributed by atoms with Gasteiger partial charge in [0.1, 0.15) is 5.75 Å². The molecule has 0 radical (unpaired) electrons. The molecule has 0 aliphatic rings. The summed E-state index contributed by atoms with van der Waals surface area (Å²) in [7, 11) is 1.69. The number of benzene rings is 2. The molecule has 2 aromatic carbocycles. The maximum atomic E-state index is 6.18. The fourth-order valence-electron chi connectivity index (χ4n) is 2.49. The van der Waals surface area contributed by atoms with Crippen molar-refractivity contribution >= 4 is 11.6 Å². The van der Waals surface area contributed by atoms with Crippen LogP contribution < -0.4 is 10.1 Å². The van der Waals surface area contributed by atoms with Crippen LogP contribution in [0, 0.1) is 13.8 Å². The summed E-state index contributed by atoms with van der Waals surface area (Å²) in [5.41, 5.74) is 4.87. The fourth-order valence-corrected chi connectivity index (χ4v) is 2.67. The number of methoxy groups -OCH3 is 1. The Morgan fingerprint density at radius 3 is 2.48 bits per heavy atom. The largest absolute Gasteiger partial charge is 0.496 e. The van der Waals surface area contributed by atoms with Gasteiger partial charge < -0.3 is 10.1 Å². The number of hydrogen-bond donors (Lipinski definition) is 1. The average molecular weight is 304 g/mol. The molecule has 1 atom stereocenters. The van der Waals surface area contributed by atoms with E-state index in [0.717, 1.165) is 22.9 Å². The third-order valence-electron chi connectivity index (χ3n) is 3.78. The summed E-state index contributed by atoms with van der Waals surface area (Å²) in [5, 5.41) is 4.25. The summed E-state index contributed by atoms with van der Waals surface area (Å²) in [5.74, 6) is 0.851. The van der Waals surface area contributed by atoms with Crippen molar-refractivity contribution in [1.82, 2.24) is 5.32 Å². The predicted octanol–water partition coefficient (Wildman–Crippen LogP) is 4.66. The zero-order valence-electron chi connectivity index (χ0n) is 13.0. The van der Waals surface area contributed by atoms with Gasteiger partial charge >= 0.3 is 0 Å². The van der Waals surface area contributed by atoms with Crippen molar-refractivity contribution in [2.75, 3.05) is 13.7 Å². The van der Waals surface area contributed by atoms with Crippen LogP contribution in [0.25, 0.3) is 0 Å². The standard InChI is InChI=1S/C18H22ClNO/c1-5-20-18(14-7-6-12(2)13(3)10-14)16-11-15(19)8-9-17(16)21-4/h6-11,18,20H,5H2,1-4H3. The molecule has 2 rings (SSSR count). The number of hydrogen-bond acceptors (Lipinski definition) is 2.